The van der Waals surface area contributed by atoms with E-state index in [0.717, 1.165) is 50.1 Å². The number of morpholine rings is 1. The summed E-state index contributed by atoms with van der Waals surface area (Å²) in [5.41, 5.74) is 0.852. The van der Waals surface area contributed by atoms with Gasteiger partial charge in [0.05, 0.1) is 31.1 Å². The molecule has 128 valence electrons. The molecule has 3 aliphatic rings. The molecule has 1 aliphatic carbocycles. The number of para-hydroxylation sites is 2. The average Bonchev–Trinajstić information content (AvgIpc) is 3.07. The summed E-state index contributed by atoms with van der Waals surface area (Å²) in [6.45, 7) is 3.19. The summed E-state index contributed by atoms with van der Waals surface area (Å²) in [5, 5.41) is 3.01. The van der Waals surface area contributed by atoms with E-state index in [-0.39, 0.29) is 11.8 Å². The van der Waals surface area contributed by atoms with E-state index in [1.54, 1.807) is 4.90 Å². The molecule has 1 N–H and O–H groups in total. The van der Waals surface area contributed by atoms with Crippen molar-refractivity contribution >= 4 is 23.2 Å². The number of carbonyl (C=O) groups is 2. The van der Waals surface area contributed by atoms with Crippen LogP contribution >= 0.6 is 0 Å². The third-order valence-electron chi connectivity index (χ3n) is 5.39. The first-order chi connectivity index (χ1) is 11.7. The molecule has 24 heavy (non-hydrogen) atoms. The minimum atomic E-state index is -0.711. The fourth-order valence-corrected chi connectivity index (χ4v) is 4.15. The van der Waals surface area contributed by atoms with E-state index in [0.29, 0.717) is 19.8 Å². The maximum Gasteiger partial charge on any atom is 0.250 e. The average molecular weight is 329 g/mol. The second-order valence-corrected chi connectivity index (χ2v) is 6.83. The number of benzene rings is 1. The van der Waals surface area contributed by atoms with E-state index in [1.807, 2.05) is 24.3 Å². The van der Waals surface area contributed by atoms with Crippen LogP contribution in [0.2, 0.25) is 0 Å². The van der Waals surface area contributed by atoms with Crippen molar-refractivity contribution in [2.24, 2.45) is 0 Å². The first kappa shape index (κ1) is 15.6. The Labute approximate surface area is 141 Å². The van der Waals surface area contributed by atoms with Gasteiger partial charge in [-0.1, -0.05) is 25.0 Å². The fraction of sp³-hybridized carbons (Fsp3) is 0.556. The van der Waals surface area contributed by atoms with Crippen LogP contribution in [0.5, 0.6) is 0 Å². The second-order valence-electron chi connectivity index (χ2n) is 6.83. The third-order valence-corrected chi connectivity index (χ3v) is 5.39. The number of nitrogens with zero attached hydrogens (tertiary/aromatic N) is 2. The molecule has 1 aromatic rings. The summed E-state index contributed by atoms with van der Waals surface area (Å²) in [4.78, 5) is 30.0. The number of rotatable bonds is 2. The summed E-state index contributed by atoms with van der Waals surface area (Å²) < 4.78 is 5.36. The zero-order valence-electron chi connectivity index (χ0n) is 13.8. The Morgan fingerprint density at radius 2 is 1.88 bits per heavy atom. The molecule has 2 heterocycles. The van der Waals surface area contributed by atoms with E-state index in [2.05, 4.69) is 10.2 Å². The number of hydrogen-bond donors (Lipinski definition) is 1. The Hall–Kier alpha value is -1.92. The van der Waals surface area contributed by atoms with Crippen LogP contribution in [-0.2, 0) is 14.3 Å². The van der Waals surface area contributed by atoms with Gasteiger partial charge in [0.2, 0.25) is 5.91 Å². The van der Waals surface area contributed by atoms with Crippen molar-refractivity contribution in [3.05, 3.63) is 24.3 Å². The second kappa shape index (κ2) is 6.18. The van der Waals surface area contributed by atoms with E-state index >= 15 is 0 Å². The first-order valence-electron chi connectivity index (χ1n) is 8.74. The predicted octanol–water partition coefficient (Wildman–Crippen LogP) is 1.62. The van der Waals surface area contributed by atoms with Crippen molar-refractivity contribution in [1.82, 2.24) is 4.90 Å². The summed E-state index contributed by atoms with van der Waals surface area (Å²) in [5.74, 6) is -0.0184. The maximum absolute atomic E-state index is 13.2. The molecular formula is C18H23N3O3. The lowest BCUT2D eigenvalue weighted by Gasteiger charge is -2.45. The molecule has 1 aromatic carbocycles. The van der Waals surface area contributed by atoms with Crippen LogP contribution in [0.1, 0.15) is 25.7 Å². The Morgan fingerprint density at radius 1 is 1.17 bits per heavy atom. The third kappa shape index (κ3) is 2.50. The highest BCUT2D eigenvalue weighted by Crippen LogP contribution is 2.45. The lowest BCUT2D eigenvalue weighted by atomic mass is 9.89. The molecule has 2 amide bonds. The quantitative estimate of drug-likeness (QED) is 0.896. The summed E-state index contributed by atoms with van der Waals surface area (Å²) >= 11 is 0. The van der Waals surface area contributed by atoms with Crippen LogP contribution in [0.25, 0.3) is 0 Å². The number of ether oxygens (including phenoxy) is 1. The zero-order chi connectivity index (χ0) is 16.6. The van der Waals surface area contributed by atoms with Crippen LogP contribution in [0.15, 0.2) is 24.3 Å². The number of fused-ring (bicyclic) bond motifs is 1. The van der Waals surface area contributed by atoms with Crippen LogP contribution in [0, 0.1) is 0 Å². The van der Waals surface area contributed by atoms with E-state index in [1.165, 1.54) is 0 Å². The highest BCUT2D eigenvalue weighted by atomic mass is 16.5. The van der Waals surface area contributed by atoms with Gasteiger partial charge in [-0.2, -0.15) is 0 Å². The number of hydrogen-bond acceptors (Lipinski definition) is 4. The molecular weight excluding hydrogens is 306 g/mol. The van der Waals surface area contributed by atoms with Gasteiger partial charge >= 0.3 is 0 Å². The molecule has 0 aromatic heterocycles. The lowest BCUT2D eigenvalue weighted by molar-refractivity contribution is -0.128. The highest BCUT2D eigenvalue weighted by molar-refractivity contribution is 6.15. The smallest absolute Gasteiger partial charge is 0.250 e. The van der Waals surface area contributed by atoms with Gasteiger partial charge in [-0.15, -0.1) is 0 Å². The van der Waals surface area contributed by atoms with Gasteiger partial charge in [0.25, 0.3) is 5.91 Å². The first-order valence-corrected chi connectivity index (χ1v) is 8.74. The van der Waals surface area contributed by atoms with Gasteiger partial charge in [-0.3, -0.25) is 19.4 Å². The topological polar surface area (TPSA) is 61.9 Å². The number of carbonyl (C=O) groups excluding carboxylic acids is 2. The van der Waals surface area contributed by atoms with Crippen molar-refractivity contribution in [2.75, 3.05) is 43.1 Å². The largest absolute Gasteiger partial charge is 0.379 e. The minimum Gasteiger partial charge on any atom is -0.379 e. The molecule has 1 saturated carbocycles. The van der Waals surface area contributed by atoms with Crippen LogP contribution in [0.4, 0.5) is 11.4 Å². The Balaban J connectivity index is 1.68. The SMILES string of the molecule is O=C(CN1CCOCC1)N1c2ccccc2NC(=O)C12CCCC2. The van der Waals surface area contributed by atoms with Crippen molar-refractivity contribution in [2.45, 2.75) is 31.2 Å². The molecule has 2 fully saturated rings. The van der Waals surface area contributed by atoms with Crippen LogP contribution in [-0.4, -0.2) is 55.1 Å². The van der Waals surface area contributed by atoms with Crippen molar-refractivity contribution in [1.29, 1.82) is 0 Å². The fourth-order valence-electron chi connectivity index (χ4n) is 4.15. The van der Waals surface area contributed by atoms with E-state index in [4.69, 9.17) is 4.74 Å². The molecule has 6 heteroatoms. The number of nitrogens with one attached hydrogen (secondary N) is 1. The predicted molar refractivity (Wildman–Crippen MR) is 91.0 cm³/mol. The van der Waals surface area contributed by atoms with Crippen molar-refractivity contribution < 1.29 is 14.3 Å². The van der Waals surface area contributed by atoms with Crippen molar-refractivity contribution in [3.8, 4) is 0 Å². The Kier molecular flexibility index (Phi) is 4.02. The zero-order valence-corrected chi connectivity index (χ0v) is 13.8. The standard InChI is InChI=1S/C18H23N3O3/c22-16(13-20-9-11-24-12-10-20)21-15-6-2-1-5-14(15)19-17(23)18(21)7-3-4-8-18/h1-2,5-6H,3-4,7-13H2,(H,19,23). The molecule has 1 spiro atoms. The van der Waals surface area contributed by atoms with Crippen LogP contribution < -0.4 is 10.2 Å². The summed E-state index contributed by atoms with van der Waals surface area (Å²) in [6.07, 6.45) is 3.44. The minimum absolute atomic E-state index is 0.0149. The Bertz CT molecular complexity index is 649. The van der Waals surface area contributed by atoms with Crippen molar-refractivity contribution in [3.63, 3.8) is 0 Å². The number of anilines is 2. The molecule has 0 atom stereocenters. The lowest BCUT2D eigenvalue weighted by Crippen LogP contribution is -2.62. The molecule has 0 unspecified atom stereocenters. The summed E-state index contributed by atoms with van der Waals surface area (Å²) in [6, 6.07) is 7.61. The molecule has 4 rings (SSSR count). The molecule has 1 saturated heterocycles. The van der Waals surface area contributed by atoms with E-state index < -0.39 is 5.54 Å². The van der Waals surface area contributed by atoms with Gasteiger partial charge in [-0.25, -0.2) is 0 Å². The van der Waals surface area contributed by atoms with Gasteiger partial charge in [0.15, 0.2) is 0 Å². The number of amides is 2. The van der Waals surface area contributed by atoms with Gasteiger partial charge in [-0.05, 0) is 25.0 Å². The van der Waals surface area contributed by atoms with Gasteiger partial charge in [0, 0.05) is 13.1 Å². The molecule has 0 bridgehead atoms. The monoisotopic (exact) mass is 329 g/mol. The Morgan fingerprint density at radius 3 is 2.62 bits per heavy atom. The highest BCUT2D eigenvalue weighted by Gasteiger charge is 2.52. The van der Waals surface area contributed by atoms with E-state index in [9.17, 15) is 9.59 Å². The molecule has 2 aliphatic heterocycles. The normalized spacial score (nSPS) is 23.2. The van der Waals surface area contributed by atoms with Crippen LogP contribution in [0.3, 0.4) is 0 Å². The molecule has 0 radical (unpaired) electrons. The molecule has 6 nitrogen and oxygen atoms in total. The van der Waals surface area contributed by atoms with Gasteiger partial charge in [0.1, 0.15) is 5.54 Å². The summed E-state index contributed by atoms with van der Waals surface area (Å²) in [7, 11) is 0. The van der Waals surface area contributed by atoms with Gasteiger partial charge < -0.3 is 10.1 Å². The maximum atomic E-state index is 13.2.